The summed E-state index contributed by atoms with van der Waals surface area (Å²) in [5.41, 5.74) is 0. The zero-order valence-corrected chi connectivity index (χ0v) is 7.25. The molecule has 6 heavy (non-hydrogen) atoms. The smallest absolute Gasteiger partial charge is 0 e. The fraction of sp³-hybridized carbons (Fsp3) is 0. The molecule has 0 aromatic heterocycles. The van der Waals surface area contributed by atoms with E-state index >= 15 is 0 Å². The van der Waals surface area contributed by atoms with Gasteiger partial charge in [-0.05, 0) is 0 Å². The summed E-state index contributed by atoms with van der Waals surface area (Å²) < 4.78 is 32.0. The molecular formula is H2EuO4Te. The maximum Gasteiger partial charge on any atom is 0 e. The van der Waals surface area contributed by atoms with Crippen molar-refractivity contribution in [1.82, 2.24) is 0 Å². The van der Waals surface area contributed by atoms with E-state index in [1.165, 1.54) is 0 Å². The molecule has 0 aliphatic rings. The van der Waals surface area contributed by atoms with E-state index in [4.69, 9.17) is 13.2 Å². The van der Waals surface area contributed by atoms with E-state index in [0.29, 0.717) is 0 Å². The average molecular weight is 346 g/mol. The standard InChI is InChI=1S/Eu.H2O4Te/c;1-5(2,3)4/h;(H2,1,2,3,4). The summed E-state index contributed by atoms with van der Waals surface area (Å²) in [5, 5.41) is 0. The second-order valence-corrected chi connectivity index (χ2v) is 3.00. The minimum Gasteiger partial charge on any atom is 0 e. The molecular weight excluding hydrogens is 344 g/mol. The first-order chi connectivity index (χ1) is 2.00. The summed E-state index contributed by atoms with van der Waals surface area (Å²) in [5.74, 6) is 0. The van der Waals surface area contributed by atoms with Gasteiger partial charge in [-0.3, -0.25) is 0 Å². The van der Waals surface area contributed by atoms with Gasteiger partial charge >= 0.3 is 32.1 Å². The Hall–Kier alpha value is 1.89. The molecule has 0 aromatic carbocycles. The maximum absolute atomic E-state index is 8.85. The normalized spacial score (nSPS) is 9.67. The second-order valence-electron chi connectivity index (χ2n) is 0.448. The van der Waals surface area contributed by atoms with Gasteiger partial charge in [0, 0.05) is 49.4 Å². The van der Waals surface area contributed by atoms with Crippen LogP contribution < -0.4 is 0 Å². The van der Waals surface area contributed by atoms with Crippen LogP contribution in [0.4, 0.5) is 0 Å². The Bertz CT molecular complexity index is 90.7. The van der Waals surface area contributed by atoms with Crippen LogP contribution in [0.3, 0.4) is 0 Å². The Balaban J connectivity index is 0. The summed E-state index contributed by atoms with van der Waals surface area (Å²) in [6, 6.07) is 0. The molecule has 0 heterocycles. The minimum absolute atomic E-state index is 0. The number of rotatable bonds is 0. The zero-order chi connectivity index (χ0) is 4.50. The minimum atomic E-state index is -5.52. The van der Waals surface area contributed by atoms with Crippen LogP contribution in [-0.2, 0) is 6.21 Å². The molecule has 1 radical (unpaired) electrons. The molecule has 0 unspecified atom stereocenters. The first-order valence-corrected chi connectivity index (χ1v) is 4.69. The van der Waals surface area contributed by atoms with Crippen LogP contribution in [-0.4, -0.2) is 25.9 Å². The van der Waals surface area contributed by atoms with Gasteiger partial charge in [0.25, 0.3) is 0 Å². The van der Waals surface area contributed by atoms with Crippen LogP contribution in [0, 0.1) is 49.4 Å². The zero-order valence-electron chi connectivity index (χ0n) is 2.50. The van der Waals surface area contributed by atoms with E-state index in [1.807, 2.05) is 0 Å². The van der Waals surface area contributed by atoms with E-state index in [9.17, 15) is 0 Å². The molecule has 0 aliphatic carbocycles. The van der Waals surface area contributed by atoms with Crippen LogP contribution >= 0.6 is 0 Å². The quantitative estimate of drug-likeness (QED) is 0.512. The predicted molar refractivity (Wildman–Crippen MR) is 11.6 cm³/mol. The summed E-state index contributed by atoms with van der Waals surface area (Å²) in [6.07, 6.45) is 0. The third-order valence-corrected chi connectivity index (χ3v) is 0. The molecule has 6 heteroatoms. The second kappa shape index (κ2) is 3.84. The molecule has 39 valence electrons. The maximum atomic E-state index is 8.85. The van der Waals surface area contributed by atoms with Gasteiger partial charge in [-0.2, -0.15) is 0 Å². The first-order valence-electron chi connectivity index (χ1n) is 0.698. The van der Waals surface area contributed by atoms with E-state index in [2.05, 4.69) is 0 Å². The Morgan fingerprint density at radius 1 is 1.17 bits per heavy atom. The summed E-state index contributed by atoms with van der Waals surface area (Å²) >= 11 is -5.52. The van der Waals surface area contributed by atoms with Gasteiger partial charge in [0.05, 0.1) is 0 Å². The molecule has 0 bridgehead atoms. The van der Waals surface area contributed by atoms with Gasteiger partial charge in [0.15, 0.2) is 0 Å². The van der Waals surface area contributed by atoms with E-state index in [0.717, 1.165) is 0 Å². The largest absolute Gasteiger partial charge is 0 e. The Labute approximate surface area is 79.7 Å². The molecule has 0 rings (SSSR count). The molecule has 0 atom stereocenters. The van der Waals surface area contributed by atoms with Crippen LogP contribution in [0.15, 0.2) is 0 Å². The van der Waals surface area contributed by atoms with Crippen molar-refractivity contribution in [3.8, 4) is 0 Å². The Morgan fingerprint density at radius 2 is 1.17 bits per heavy atom. The fourth-order valence-electron chi connectivity index (χ4n) is 0. The van der Waals surface area contributed by atoms with Crippen LogP contribution in [0.5, 0.6) is 0 Å². The average Bonchev–Trinajstić information content (AvgIpc) is 0.722. The van der Waals surface area contributed by atoms with E-state index in [-0.39, 0.29) is 49.4 Å². The Morgan fingerprint density at radius 3 is 1.17 bits per heavy atom. The van der Waals surface area contributed by atoms with Crippen molar-refractivity contribution in [3.05, 3.63) is 0 Å². The van der Waals surface area contributed by atoms with Crippen molar-refractivity contribution in [3.63, 3.8) is 0 Å². The molecule has 0 spiro atoms. The van der Waals surface area contributed by atoms with Gasteiger partial charge in [-0.25, -0.2) is 0 Å². The summed E-state index contributed by atoms with van der Waals surface area (Å²) in [7, 11) is 0. The fourth-order valence-corrected chi connectivity index (χ4v) is 0. The van der Waals surface area contributed by atoms with Crippen molar-refractivity contribution in [2.45, 2.75) is 0 Å². The molecule has 0 aliphatic heterocycles. The third-order valence-electron chi connectivity index (χ3n) is 0. The van der Waals surface area contributed by atoms with E-state index in [1.54, 1.807) is 0 Å². The summed E-state index contributed by atoms with van der Waals surface area (Å²) in [4.78, 5) is 0. The first kappa shape index (κ1) is 10.8. The van der Waals surface area contributed by atoms with Crippen molar-refractivity contribution < 1.29 is 62.5 Å². The van der Waals surface area contributed by atoms with Gasteiger partial charge in [0.1, 0.15) is 0 Å². The van der Waals surface area contributed by atoms with Crippen LogP contribution in [0.2, 0.25) is 0 Å². The van der Waals surface area contributed by atoms with Crippen LogP contribution in [0.25, 0.3) is 0 Å². The van der Waals surface area contributed by atoms with Crippen molar-refractivity contribution in [1.29, 1.82) is 0 Å². The molecule has 4 nitrogen and oxygen atoms in total. The van der Waals surface area contributed by atoms with Gasteiger partial charge in [0.2, 0.25) is 0 Å². The molecule has 0 saturated heterocycles. The predicted octanol–water partition coefficient (Wildman–Crippen LogP) is -1.73. The topological polar surface area (TPSA) is 74.6 Å². The summed E-state index contributed by atoms with van der Waals surface area (Å²) in [6.45, 7) is 0. The third kappa shape index (κ3) is 39.4. The Kier molecular flexibility index (Phi) is 6.92. The van der Waals surface area contributed by atoms with Gasteiger partial charge in [-0.15, -0.1) is 0 Å². The SMILES string of the molecule is O=[Te](=O)(O)O.[Eu]. The van der Waals surface area contributed by atoms with E-state index < -0.39 is 19.0 Å². The molecule has 0 fully saturated rings. The van der Waals surface area contributed by atoms with Crippen LogP contribution in [0.1, 0.15) is 0 Å². The molecule has 0 amide bonds. The molecule has 0 saturated carbocycles. The number of hydrogen-bond donors (Lipinski definition) is 2. The van der Waals surface area contributed by atoms with Crippen molar-refractivity contribution in [2.24, 2.45) is 0 Å². The number of hydrogen-bond acceptors (Lipinski definition) is 2. The molecule has 0 aromatic rings. The molecule has 2 N–H and O–H groups in total. The van der Waals surface area contributed by atoms with Crippen molar-refractivity contribution in [2.75, 3.05) is 0 Å². The van der Waals surface area contributed by atoms with Gasteiger partial charge in [-0.1, -0.05) is 0 Å². The van der Waals surface area contributed by atoms with Gasteiger partial charge < -0.3 is 0 Å². The monoisotopic (exact) mass is 349 g/mol. The van der Waals surface area contributed by atoms with Crippen molar-refractivity contribution >= 4 is 19.0 Å².